The predicted molar refractivity (Wildman–Crippen MR) is 110 cm³/mol. The maximum Gasteiger partial charge on any atom is 0.231 e. The topological polar surface area (TPSA) is 93.6 Å². The van der Waals surface area contributed by atoms with Gasteiger partial charge >= 0.3 is 0 Å². The van der Waals surface area contributed by atoms with Crippen LogP contribution in [0.1, 0.15) is 24.2 Å². The Morgan fingerprint density at radius 1 is 1.07 bits per heavy atom. The lowest BCUT2D eigenvalue weighted by molar-refractivity contribution is 0.174. The first-order valence-electron chi connectivity index (χ1n) is 9.44. The molecule has 1 aliphatic heterocycles. The number of guanidine groups is 1. The Bertz CT molecular complexity index is 834. The summed E-state index contributed by atoms with van der Waals surface area (Å²) in [6.45, 7) is 3.69. The van der Waals surface area contributed by atoms with Crippen LogP contribution >= 0.6 is 0 Å². The van der Waals surface area contributed by atoms with Crippen molar-refractivity contribution in [1.29, 1.82) is 0 Å². The summed E-state index contributed by atoms with van der Waals surface area (Å²) in [7, 11) is 3.16. The van der Waals surface area contributed by atoms with Crippen LogP contribution in [0.3, 0.4) is 0 Å². The average Bonchev–Trinajstić information content (AvgIpc) is 3.22. The number of aliphatic hydroxyl groups excluding tert-OH is 1. The number of benzene rings is 2. The smallest absolute Gasteiger partial charge is 0.231 e. The lowest BCUT2D eigenvalue weighted by Crippen LogP contribution is -2.39. The van der Waals surface area contributed by atoms with Gasteiger partial charge in [-0.3, -0.25) is 0 Å². The third-order valence-electron chi connectivity index (χ3n) is 4.42. The fourth-order valence-corrected chi connectivity index (χ4v) is 2.88. The van der Waals surface area contributed by atoms with E-state index in [2.05, 4.69) is 15.6 Å². The summed E-state index contributed by atoms with van der Waals surface area (Å²) < 4.78 is 21.3. The summed E-state index contributed by atoms with van der Waals surface area (Å²) >= 11 is 0. The highest BCUT2D eigenvalue weighted by Gasteiger charge is 2.14. The van der Waals surface area contributed by atoms with Gasteiger partial charge in [-0.1, -0.05) is 6.07 Å². The zero-order valence-corrected chi connectivity index (χ0v) is 16.9. The monoisotopic (exact) mass is 401 g/mol. The summed E-state index contributed by atoms with van der Waals surface area (Å²) in [6, 6.07) is 11.1. The van der Waals surface area contributed by atoms with Gasteiger partial charge in [-0.15, -0.1) is 0 Å². The van der Waals surface area contributed by atoms with Crippen LogP contribution in [0.25, 0.3) is 0 Å². The Hall–Kier alpha value is -3.13. The first-order chi connectivity index (χ1) is 14.1. The number of aliphatic imine (C=N–C) groups is 1. The highest BCUT2D eigenvalue weighted by Crippen LogP contribution is 2.32. The second-order valence-corrected chi connectivity index (χ2v) is 6.43. The fraction of sp³-hybridized carbons (Fsp3) is 0.381. The first-order valence-corrected chi connectivity index (χ1v) is 9.44. The molecule has 8 heteroatoms. The van der Waals surface area contributed by atoms with Gasteiger partial charge < -0.3 is 34.7 Å². The number of fused-ring (bicyclic) bond motifs is 1. The van der Waals surface area contributed by atoms with E-state index >= 15 is 0 Å². The van der Waals surface area contributed by atoms with Crippen LogP contribution in [0.5, 0.6) is 23.0 Å². The van der Waals surface area contributed by atoms with E-state index < -0.39 is 6.10 Å². The average molecular weight is 401 g/mol. The van der Waals surface area contributed by atoms with Crippen LogP contribution in [0.2, 0.25) is 0 Å². The highest BCUT2D eigenvalue weighted by atomic mass is 16.7. The summed E-state index contributed by atoms with van der Waals surface area (Å²) in [5.41, 5.74) is 1.70. The van der Waals surface area contributed by atoms with Crippen molar-refractivity contribution in [2.75, 3.05) is 34.1 Å². The molecule has 2 aromatic carbocycles. The van der Waals surface area contributed by atoms with Crippen LogP contribution in [-0.2, 0) is 6.54 Å². The molecule has 8 nitrogen and oxygen atoms in total. The molecule has 3 N–H and O–H groups in total. The van der Waals surface area contributed by atoms with E-state index in [0.717, 1.165) is 17.1 Å². The van der Waals surface area contributed by atoms with Crippen molar-refractivity contribution in [3.8, 4) is 23.0 Å². The van der Waals surface area contributed by atoms with Gasteiger partial charge in [0, 0.05) is 19.2 Å². The van der Waals surface area contributed by atoms with Gasteiger partial charge in [0.05, 0.1) is 26.9 Å². The summed E-state index contributed by atoms with van der Waals surface area (Å²) in [4.78, 5) is 4.58. The Morgan fingerprint density at radius 3 is 2.48 bits per heavy atom. The number of nitrogens with zero attached hydrogens (tertiary/aromatic N) is 1. The number of ether oxygens (including phenoxy) is 4. The molecular weight excluding hydrogens is 374 g/mol. The molecule has 156 valence electrons. The van der Waals surface area contributed by atoms with Crippen LogP contribution < -0.4 is 29.6 Å². The van der Waals surface area contributed by atoms with Crippen molar-refractivity contribution in [3.05, 3.63) is 47.5 Å². The van der Waals surface area contributed by atoms with Crippen molar-refractivity contribution in [3.63, 3.8) is 0 Å². The molecular formula is C21H27N3O5. The highest BCUT2D eigenvalue weighted by molar-refractivity contribution is 5.79. The van der Waals surface area contributed by atoms with Gasteiger partial charge in [0.2, 0.25) is 6.79 Å². The maximum atomic E-state index is 10.6. The van der Waals surface area contributed by atoms with E-state index in [4.69, 9.17) is 18.9 Å². The van der Waals surface area contributed by atoms with Crippen molar-refractivity contribution in [2.24, 2.45) is 4.99 Å². The SMILES string of the molecule is CCNC(=NCc1ccc2c(c1)OCO2)NCC(O)c1cc(OC)cc(OC)c1. The lowest BCUT2D eigenvalue weighted by Gasteiger charge is -2.17. The Balaban J connectivity index is 1.63. The quantitative estimate of drug-likeness (QED) is 0.461. The summed E-state index contributed by atoms with van der Waals surface area (Å²) in [5, 5.41) is 16.9. The minimum absolute atomic E-state index is 0.249. The van der Waals surface area contributed by atoms with E-state index in [0.29, 0.717) is 36.1 Å². The minimum Gasteiger partial charge on any atom is -0.497 e. The van der Waals surface area contributed by atoms with E-state index in [1.54, 1.807) is 32.4 Å². The van der Waals surface area contributed by atoms with Crippen molar-refractivity contribution >= 4 is 5.96 Å². The second-order valence-electron chi connectivity index (χ2n) is 6.43. The predicted octanol–water partition coefficient (Wildman–Crippen LogP) is 2.22. The Morgan fingerprint density at radius 2 is 1.79 bits per heavy atom. The molecule has 0 radical (unpaired) electrons. The van der Waals surface area contributed by atoms with E-state index in [1.165, 1.54) is 0 Å². The van der Waals surface area contributed by atoms with Crippen molar-refractivity contribution in [2.45, 2.75) is 19.6 Å². The zero-order chi connectivity index (χ0) is 20.6. The molecule has 1 heterocycles. The lowest BCUT2D eigenvalue weighted by atomic mass is 10.1. The third kappa shape index (κ3) is 5.45. The Labute approximate surface area is 170 Å². The van der Waals surface area contributed by atoms with E-state index in [9.17, 15) is 5.11 Å². The molecule has 3 rings (SSSR count). The number of rotatable bonds is 8. The van der Waals surface area contributed by atoms with Crippen molar-refractivity contribution in [1.82, 2.24) is 10.6 Å². The van der Waals surface area contributed by atoms with E-state index in [1.807, 2.05) is 25.1 Å². The van der Waals surface area contributed by atoms with Gasteiger partial charge in [-0.2, -0.15) is 0 Å². The number of aliphatic hydroxyl groups is 1. The molecule has 2 aromatic rings. The van der Waals surface area contributed by atoms with Gasteiger partial charge in [0.25, 0.3) is 0 Å². The van der Waals surface area contributed by atoms with Crippen LogP contribution in [-0.4, -0.2) is 45.2 Å². The fourth-order valence-electron chi connectivity index (χ4n) is 2.88. The molecule has 0 saturated heterocycles. The van der Waals surface area contributed by atoms with Gasteiger partial charge in [-0.25, -0.2) is 4.99 Å². The van der Waals surface area contributed by atoms with Crippen molar-refractivity contribution < 1.29 is 24.1 Å². The molecule has 0 aromatic heterocycles. The molecule has 0 aliphatic carbocycles. The number of methoxy groups -OCH3 is 2. The van der Waals surface area contributed by atoms with Gasteiger partial charge in [0.15, 0.2) is 17.5 Å². The molecule has 0 fully saturated rings. The molecule has 1 unspecified atom stereocenters. The summed E-state index contributed by atoms with van der Waals surface area (Å²) in [5.74, 6) is 3.35. The second kappa shape index (κ2) is 9.88. The number of hydrogen-bond acceptors (Lipinski definition) is 6. The van der Waals surface area contributed by atoms with Crippen LogP contribution in [0.15, 0.2) is 41.4 Å². The molecule has 0 saturated carbocycles. The molecule has 29 heavy (non-hydrogen) atoms. The third-order valence-corrected chi connectivity index (χ3v) is 4.42. The van der Waals surface area contributed by atoms with Gasteiger partial charge in [0.1, 0.15) is 11.5 Å². The van der Waals surface area contributed by atoms with Crippen LogP contribution in [0, 0.1) is 0 Å². The maximum absolute atomic E-state index is 10.6. The molecule has 0 spiro atoms. The largest absolute Gasteiger partial charge is 0.497 e. The zero-order valence-electron chi connectivity index (χ0n) is 16.9. The van der Waals surface area contributed by atoms with Crippen LogP contribution in [0.4, 0.5) is 0 Å². The standard InChI is InChI=1S/C21H27N3O5/c1-4-22-21(23-11-14-5-6-19-20(7-14)29-13-28-19)24-12-18(25)15-8-16(26-2)10-17(9-15)27-3/h5-10,18,25H,4,11-13H2,1-3H3,(H2,22,23,24). The number of hydrogen-bond donors (Lipinski definition) is 3. The van der Waals surface area contributed by atoms with E-state index in [-0.39, 0.29) is 13.3 Å². The minimum atomic E-state index is -0.756. The molecule has 1 aliphatic rings. The first kappa shape index (κ1) is 20.6. The Kier molecular flexibility index (Phi) is 7.02. The molecule has 0 amide bonds. The normalized spacial score (nSPS) is 13.7. The summed E-state index contributed by atoms with van der Waals surface area (Å²) in [6.07, 6.45) is -0.756. The van der Waals surface area contributed by atoms with Gasteiger partial charge in [-0.05, 0) is 42.3 Å². The number of nitrogens with one attached hydrogen (secondary N) is 2. The molecule has 0 bridgehead atoms. The molecule has 1 atom stereocenters.